The van der Waals surface area contributed by atoms with Crippen LogP contribution in [0.25, 0.3) is 0 Å². The Labute approximate surface area is 144 Å². The Morgan fingerprint density at radius 2 is 1.78 bits per heavy atom. The van der Waals surface area contributed by atoms with Crippen molar-refractivity contribution in [2.45, 2.75) is 50.6 Å². The number of rotatable bonds is 3. The molecule has 4 bridgehead atoms. The average Bonchev–Trinajstić information content (AvgIpc) is 2.46. The summed E-state index contributed by atoms with van der Waals surface area (Å²) >= 11 is 11.6. The number of nitrogens with one attached hydrogen (secondary N) is 1. The first kappa shape index (κ1) is 15.5. The van der Waals surface area contributed by atoms with Crippen molar-refractivity contribution < 1.29 is 4.79 Å². The van der Waals surface area contributed by atoms with E-state index in [4.69, 9.17) is 23.2 Å². The second-order valence-electron chi connectivity index (χ2n) is 7.52. The van der Waals surface area contributed by atoms with Crippen molar-refractivity contribution in [1.82, 2.24) is 15.1 Å². The van der Waals surface area contributed by atoms with Gasteiger partial charge in [-0.3, -0.25) is 9.59 Å². The number of aromatic nitrogens is 2. The second-order valence-corrected chi connectivity index (χ2v) is 8.30. The van der Waals surface area contributed by atoms with Gasteiger partial charge in [0.25, 0.3) is 5.56 Å². The summed E-state index contributed by atoms with van der Waals surface area (Å²) in [6.45, 7) is -0.114. The number of nitrogens with zero attached hydrogens (tertiary/aromatic N) is 2. The molecule has 0 saturated heterocycles. The van der Waals surface area contributed by atoms with E-state index in [1.807, 2.05) is 0 Å². The van der Waals surface area contributed by atoms with Crippen molar-refractivity contribution in [1.29, 1.82) is 0 Å². The Kier molecular flexibility index (Phi) is 3.69. The summed E-state index contributed by atoms with van der Waals surface area (Å²) in [5, 5.41) is 7.13. The highest BCUT2D eigenvalue weighted by Gasteiger charge is 2.51. The van der Waals surface area contributed by atoms with Crippen molar-refractivity contribution in [3.05, 3.63) is 26.6 Å². The van der Waals surface area contributed by atoms with Crippen LogP contribution in [0.1, 0.15) is 38.5 Å². The minimum atomic E-state index is -0.528. The van der Waals surface area contributed by atoms with Crippen LogP contribution in [0.3, 0.4) is 0 Å². The predicted molar refractivity (Wildman–Crippen MR) is 87.6 cm³/mol. The number of hydrogen-bond donors (Lipinski definition) is 1. The molecule has 5 rings (SSSR count). The van der Waals surface area contributed by atoms with Gasteiger partial charge < -0.3 is 5.32 Å². The second kappa shape index (κ2) is 5.49. The highest BCUT2D eigenvalue weighted by molar-refractivity contribution is 6.41. The molecule has 0 unspecified atom stereocenters. The minimum Gasteiger partial charge on any atom is -0.349 e. The molecule has 1 aromatic rings. The van der Waals surface area contributed by atoms with Crippen molar-refractivity contribution in [3.8, 4) is 0 Å². The third-order valence-corrected chi connectivity index (χ3v) is 6.43. The zero-order valence-electron chi connectivity index (χ0n) is 12.7. The molecule has 1 amide bonds. The molecule has 23 heavy (non-hydrogen) atoms. The maximum absolute atomic E-state index is 12.5. The first-order valence-corrected chi connectivity index (χ1v) is 8.92. The molecule has 4 fully saturated rings. The van der Waals surface area contributed by atoms with Crippen LogP contribution in [0.4, 0.5) is 0 Å². The number of carbonyl (C=O) groups excluding carboxylic acids is 1. The van der Waals surface area contributed by atoms with Gasteiger partial charge in [-0.15, -0.1) is 0 Å². The van der Waals surface area contributed by atoms with Crippen molar-refractivity contribution in [2.75, 3.05) is 0 Å². The van der Waals surface area contributed by atoms with Crippen molar-refractivity contribution >= 4 is 29.1 Å². The normalized spacial score (nSPS) is 34.6. The van der Waals surface area contributed by atoms with Gasteiger partial charge in [-0.25, -0.2) is 4.68 Å². The van der Waals surface area contributed by atoms with E-state index in [0.29, 0.717) is 0 Å². The van der Waals surface area contributed by atoms with Gasteiger partial charge in [0.15, 0.2) is 0 Å². The Morgan fingerprint density at radius 1 is 1.22 bits per heavy atom. The number of amides is 1. The molecule has 4 saturated carbocycles. The quantitative estimate of drug-likeness (QED) is 0.906. The minimum absolute atomic E-state index is 0.0638. The predicted octanol–water partition coefficient (Wildman–Crippen LogP) is 2.64. The fraction of sp³-hybridized carbons (Fsp3) is 0.688. The maximum Gasteiger partial charge on any atom is 0.287 e. The van der Waals surface area contributed by atoms with Crippen LogP contribution in [0.15, 0.2) is 11.0 Å². The number of hydrogen-bond acceptors (Lipinski definition) is 3. The molecule has 0 radical (unpaired) electrons. The van der Waals surface area contributed by atoms with Crippen LogP contribution in [0.2, 0.25) is 10.0 Å². The molecule has 0 aromatic carbocycles. The lowest BCUT2D eigenvalue weighted by molar-refractivity contribution is -0.127. The van der Waals surface area contributed by atoms with Crippen LogP contribution in [0, 0.1) is 17.8 Å². The van der Waals surface area contributed by atoms with Gasteiger partial charge >= 0.3 is 0 Å². The zero-order chi connectivity index (χ0) is 16.2. The van der Waals surface area contributed by atoms with E-state index in [1.165, 1.54) is 25.5 Å². The molecule has 5 nitrogen and oxygen atoms in total. The lowest BCUT2D eigenvalue weighted by Crippen LogP contribution is -2.60. The van der Waals surface area contributed by atoms with Crippen LogP contribution < -0.4 is 10.9 Å². The van der Waals surface area contributed by atoms with E-state index >= 15 is 0 Å². The Hall–Kier alpha value is -1.07. The molecule has 4 aliphatic carbocycles. The van der Waals surface area contributed by atoms with E-state index in [-0.39, 0.29) is 28.0 Å². The van der Waals surface area contributed by atoms with E-state index in [0.717, 1.165) is 41.7 Å². The van der Waals surface area contributed by atoms with Crippen LogP contribution >= 0.6 is 23.2 Å². The van der Waals surface area contributed by atoms with Gasteiger partial charge in [0, 0.05) is 5.54 Å². The van der Waals surface area contributed by atoms with Crippen molar-refractivity contribution in [2.24, 2.45) is 17.8 Å². The van der Waals surface area contributed by atoms with Gasteiger partial charge in [0.1, 0.15) is 11.6 Å². The lowest BCUT2D eigenvalue weighted by atomic mass is 9.53. The van der Waals surface area contributed by atoms with Crippen molar-refractivity contribution in [3.63, 3.8) is 0 Å². The number of carbonyl (C=O) groups is 1. The Balaban J connectivity index is 1.49. The molecule has 7 heteroatoms. The fourth-order valence-electron chi connectivity index (χ4n) is 5.29. The van der Waals surface area contributed by atoms with Gasteiger partial charge in [-0.1, -0.05) is 23.2 Å². The van der Waals surface area contributed by atoms with E-state index in [1.54, 1.807) is 0 Å². The van der Waals surface area contributed by atoms with E-state index in [9.17, 15) is 9.59 Å². The SMILES string of the molecule is O=C(Cn1ncc(Cl)c(Cl)c1=O)NC12CC3CC(CC(C3)C1)C2. The molecule has 0 spiro atoms. The van der Waals surface area contributed by atoms with E-state index < -0.39 is 5.56 Å². The molecule has 1 N–H and O–H groups in total. The van der Waals surface area contributed by atoms with Crippen LogP contribution in [-0.2, 0) is 11.3 Å². The molecular formula is C16H19Cl2N3O2. The zero-order valence-corrected chi connectivity index (χ0v) is 14.2. The van der Waals surface area contributed by atoms with Crippen LogP contribution in [-0.4, -0.2) is 21.2 Å². The first-order valence-electron chi connectivity index (χ1n) is 8.16. The summed E-state index contributed by atoms with van der Waals surface area (Å²) in [6, 6.07) is 0. The molecule has 124 valence electrons. The Bertz CT molecular complexity index is 680. The third kappa shape index (κ3) is 2.78. The molecule has 1 heterocycles. The summed E-state index contributed by atoms with van der Waals surface area (Å²) < 4.78 is 1.07. The molecule has 1 aromatic heterocycles. The monoisotopic (exact) mass is 355 g/mol. The molecule has 0 aliphatic heterocycles. The summed E-state index contributed by atoms with van der Waals surface area (Å²) in [6.07, 6.45) is 8.50. The third-order valence-electron chi connectivity index (χ3n) is 5.68. The average molecular weight is 356 g/mol. The largest absolute Gasteiger partial charge is 0.349 e. The molecular weight excluding hydrogens is 337 g/mol. The Morgan fingerprint density at radius 3 is 2.35 bits per heavy atom. The first-order chi connectivity index (χ1) is 10.9. The van der Waals surface area contributed by atoms with Gasteiger partial charge in [0.05, 0.1) is 11.2 Å². The summed E-state index contributed by atoms with van der Waals surface area (Å²) in [5.74, 6) is 2.10. The topological polar surface area (TPSA) is 64.0 Å². The number of halogens is 2. The molecule has 4 aliphatic rings. The smallest absolute Gasteiger partial charge is 0.287 e. The summed E-state index contributed by atoms with van der Waals surface area (Å²) in [5.41, 5.74) is -0.592. The fourth-order valence-corrected chi connectivity index (χ4v) is 5.56. The standard InChI is InChI=1S/C16H19Cl2N3O2/c17-12-7-19-21(15(23)14(12)18)8-13(22)20-16-4-9-1-10(5-16)3-11(2-9)6-16/h7,9-11H,1-6,8H2,(H,20,22). The van der Waals surface area contributed by atoms with Crippen LogP contribution in [0.5, 0.6) is 0 Å². The van der Waals surface area contributed by atoms with E-state index in [2.05, 4.69) is 10.4 Å². The summed E-state index contributed by atoms with van der Waals surface area (Å²) in [4.78, 5) is 24.5. The lowest BCUT2D eigenvalue weighted by Gasteiger charge is -2.56. The summed E-state index contributed by atoms with van der Waals surface area (Å²) in [7, 11) is 0. The maximum atomic E-state index is 12.5. The molecule has 0 atom stereocenters. The highest BCUT2D eigenvalue weighted by atomic mass is 35.5. The van der Waals surface area contributed by atoms with Gasteiger partial charge in [-0.2, -0.15) is 5.10 Å². The highest BCUT2D eigenvalue weighted by Crippen LogP contribution is 2.55. The van der Waals surface area contributed by atoms with Gasteiger partial charge in [-0.05, 0) is 56.3 Å². The van der Waals surface area contributed by atoms with Gasteiger partial charge in [0.2, 0.25) is 5.91 Å².